The van der Waals surface area contributed by atoms with Crippen LogP contribution in [0, 0.1) is 5.92 Å². The molecule has 1 fully saturated rings. The maximum absolute atomic E-state index is 12.5. The molecule has 0 aliphatic carbocycles. The number of hydrogen-bond donors (Lipinski definition) is 1. The maximum atomic E-state index is 12.5. The van der Waals surface area contributed by atoms with Crippen LogP contribution in [0.1, 0.15) is 38.7 Å². The Kier molecular flexibility index (Phi) is 6.44. The monoisotopic (exact) mass is 318 g/mol. The molecule has 1 aromatic rings. The summed E-state index contributed by atoms with van der Waals surface area (Å²) in [6.45, 7) is 5.86. The molecule has 1 heterocycles. The number of hydrogen-bond acceptors (Lipinski definition) is 3. The molecule has 2 rings (SSSR count). The Morgan fingerprint density at radius 2 is 1.83 bits per heavy atom. The van der Waals surface area contributed by atoms with Crippen molar-refractivity contribution in [1.29, 1.82) is 0 Å². The molecule has 126 valence electrons. The highest BCUT2D eigenvalue weighted by molar-refractivity contribution is 5.85. The van der Waals surface area contributed by atoms with Gasteiger partial charge in [-0.2, -0.15) is 0 Å². The van der Waals surface area contributed by atoms with E-state index in [-0.39, 0.29) is 12.5 Å². The molecule has 1 aliphatic rings. The van der Waals surface area contributed by atoms with Crippen LogP contribution >= 0.6 is 0 Å². The number of rotatable bonds is 6. The average molecular weight is 318 g/mol. The second-order valence-electron chi connectivity index (χ2n) is 6.42. The third kappa shape index (κ3) is 5.58. The Bertz CT molecular complexity index is 510. The Morgan fingerprint density at radius 1 is 1.17 bits per heavy atom. The van der Waals surface area contributed by atoms with Crippen molar-refractivity contribution < 1.29 is 14.3 Å². The first-order valence-corrected chi connectivity index (χ1v) is 8.32. The number of nitrogens with zero attached hydrogens (tertiary/aromatic N) is 1. The highest BCUT2D eigenvalue weighted by atomic mass is 16.5. The molecular weight excluding hydrogens is 292 g/mol. The van der Waals surface area contributed by atoms with Crippen molar-refractivity contribution >= 4 is 12.0 Å². The second-order valence-corrected chi connectivity index (χ2v) is 6.42. The van der Waals surface area contributed by atoms with Gasteiger partial charge in [0.15, 0.2) is 0 Å². The molecule has 0 unspecified atom stereocenters. The lowest BCUT2D eigenvalue weighted by Crippen LogP contribution is -2.48. The molecule has 0 aromatic heterocycles. The van der Waals surface area contributed by atoms with Gasteiger partial charge in [-0.05, 0) is 30.7 Å². The molecule has 1 saturated heterocycles. The lowest BCUT2D eigenvalue weighted by atomic mass is 10.0. The minimum atomic E-state index is -0.535. The number of amides is 2. The van der Waals surface area contributed by atoms with Crippen molar-refractivity contribution in [2.45, 2.75) is 45.8 Å². The van der Waals surface area contributed by atoms with Crippen LogP contribution in [-0.2, 0) is 16.1 Å². The lowest BCUT2D eigenvalue weighted by molar-refractivity contribution is -0.132. The van der Waals surface area contributed by atoms with E-state index < -0.39 is 12.1 Å². The van der Waals surface area contributed by atoms with Crippen molar-refractivity contribution in [1.82, 2.24) is 10.2 Å². The molecule has 1 aromatic carbocycles. The van der Waals surface area contributed by atoms with Gasteiger partial charge in [0.05, 0.1) is 0 Å². The smallest absolute Gasteiger partial charge is 0.408 e. The van der Waals surface area contributed by atoms with Crippen molar-refractivity contribution in [3.05, 3.63) is 35.9 Å². The Labute approximate surface area is 138 Å². The molecular formula is C18H26N2O3. The van der Waals surface area contributed by atoms with Gasteiger partial charge >= 0.3 is 6.09 Å². The topological polar surface area (TPSA) is 58.6 Å². The van der Waals surface area contributed by atoms with Crippen molar-refractivity contribution in [2.24, 2.45) is 5.92 Å². The number of carbonyl (C=O) groups is 2. The number of ether oxygens (including phenoxy) is 1. The second kappa shape index (κ2) is 8.56. The van der Waals surface area contributed by atoms with Crippen LogP contribution in [0.2, 0.25) is 0 Å². The minimum absolute atomic E-state index is 0.00728. The summed E-state index contributed by atoms with van der Waals surface area (Å²) in [6, 6.07) is 9.00. The van der Waals surface area contributed by atoms with Gasteiger partial charge in [-0.15, -0.1) is 0 Å². The highest BCUT2D eigenvalue weighted by Crippen LogP contribution is 2.14. The number of alkyl carbamates (subject to hydrolysis) is 1. The first-order valence-electron chi connectivity index (χ1n) is 8.32. The quantitative estimate of drug-likeness (QED) is 0.877. The molecule has 1 atom stereocenters. The predicted octanol–water partition coefficient (Wildman–Crippen LogP) is 2.95. The maximum Gasteiger partial charge on any atom is 0.408 e. The average Bonchev–Trinajstić information content (AvgIpc) is 3.06. The fraction of sp³-hybridized carbons (Fsp3) is 0.556. The van der Waals surface area contributed by atoms with Crippen LogP contribution in [0.25, 0.3) is 0 Å². The third-order valence-electron chi connectivity index (χ3n) is 3.93. The Morgan fingerprint density at radius 3 is 2.43 bits per heavy atom. The molecule has 0 saturated carbocycles. The largest absolute Gasteiger partial charge is 0.445 e. The number of nitrogens with one attached hydrogen (secondary N) is 1. The van der Waals surface area contributed by atoms with E-state index in [4.69, 9.17) is 4.74 Å². The molecule has 0 bridgehead atoms. The van der Waals surface area contributed by atoms with E-state index in [9.17, 15) is 9.59 Å². The number of carbonyl (C=O) groups excluding carboxylic acids is 2. The van der Waals surface area contributed by atoms with Gasteiger partial charge in [-0.3, -0.25) is 4.79 Å². The molecule has 0 radical (unpaired) electrons. The van der Waals surface area contributed by atoms with E-state index in [0.29, 0.717) is 12.3 Å². The van der Waals surface area contributed by atoms with Gasteiger partial charge < -0.3 is 15.0 Å². The summed E-state index contributed by atoms with van der Waals surface area (Å²) in [5.41, 5.74) is 0.925. The molecule has 1 aliphatic heterocycles. The number of likely N-dealkylation sites (tertiary alicyclic amines) is 1. The third-order valence-corrected chi connectivity index (χ3v) is 3.93. The van der Waals surface area contributed by atoms with E-state index in [0.717, 1.165) is 31.5 Å². The predicted molar refractivity (Wildman–Crippen MR) is 88.8 cm³/mol. The van der Waals surface area contributed by atoms with Crippen molar-refractivity contribution in [2.75, 3.05) is 13.1 Å². The summed E-state index contributed by atoms with van der Waals surface area (Å²) >= 11 is 0. The summed E-state index contributed by atoms with van der Waals surface area (Å²) < 4.78 is 5.23. The van der Waals surface area contributed by atoms with Gasteiger partial charge in [0, 0.05) is 13.1 Å². The van der Waals surface area contributed by atoms with E-state index >= 15 is 0 Å². The van der Waals surface area contributed by atoms with Gasteiger partial charge in [0.1, 0.15) is 12.6 Å². The van der Waals surface area contributed by atoms with Gasteiger partial charge in [-0.1, -0.05) is 44.2 Å². The summed E-state index contributed by atoms with van der Waals surface area (Å²) in [5.74, 6) is 0.328. The first-order chi connectivity index (χ1) is 11.1. The van der Waals surface area contributed by atoms with Crippen LogP contribution < -0.4 is 5.32 Å². The van der Waals surface area contributed by atoms with Crippen molar-refractivity contribution in [3.8, 4) is 0 Å². The van der Waals surface area contributed by atoms with E-state index in [1.807, 2.05) is 49.1 Å². The summed E-state index contributed by atoms with van der Waals surface area (Å²) in [4.78, 5) is 26.4. The van der Waals surface area contributed by atoms with Crippen LogP contribution in [0.5, 0.6) is 0 Å². The van der Waals surface area contributed by atoms with Crippen LogP contribution in [0.3, 0.4) is 0 Å². The normalized spacial score (nSPS) is 15.5. The minimum Gasteiger partial charge on any atom is -0.445 e. The molecule has 5 heteroatoms. The van der Waals surface area contributed by atoms with Gasteiger partial charge in [0.2, 0.25) is 5.91 Å². The van der Waals surface area contributed by atoms with E-state index in [1.54, 1.807) is 0 Å². The highest BCUT2D eigenvalue weighted by Gasteiger charge is 2.28. The lowest BCUT2D eigenvalue weighted by Gasteiger charge is -2.25. The zero-order valence-corrected chi connectivity index (χ0v) is 14.0. The SMILES string of the molecule is CC(C)C[C@@H](NC(=O)OCc1ccccc1)C(=O)N1CCCC1. The molecule has 23 heavy (non-hydrogen) atoms. The van der Waals surface area contributed by atoms with E-state index in [2.05, 4.69) is 5.32 Å². The zero-order valence-electron chi connectivity index (χ0n) is 14.0. The summed E-state index contributed by atoms with van der Waals surface area (Å²) in [7, 11) is 0. The van der Waals surface area contributed by atoms with Crippen LogP contribution in [-0.4, -0.2) is 36.0 Å². The Balaban J connectivity index is 1.88. The molecule has 5 nitrogen and oxygen atoms in total. The summed E-state index contributed by atoms with van der Waals surface area (Å²) in [6.07, 6.45) is 2.17. The van der Waals surface area contributed by atoms with Crippen molar-refractivity contribution in [3.63, 3.8) is 0 Å². The van der Waals surface area contributed by atoms with E-state index in [1.165, 1.54) is 0 Å². The molecule has 2 amide bonds. The molecule has 1 N–H and O–H groups in total. The fourth-order valence-corrected chi connectivity index (χ4v) is 2.76. The first kappa shape index (κ1) is 17.3. The molecule has 0 spiro atoms. The van der Waals surface area contributed by atoms with Crippen LogP contribution in [0.15, 0.2) is 30.3 Å². The van der Waals surface area contributed by atoms with Crippen LogP contribution in [0.4, 0.5) is 4.79 Å². The van der Waals surface area contributed by atoms with Gasteiger partial charge in [0.25, 0.3) is 0 Å². The summed E-state index contributed by atoms with van der Waals surface area (Å²) in [5, 5.41) is 2.74. The fourth-order valence-electron chi connectivity index (χ4n) is 2.76. The number of benzene rings is 1. The standard InChI is InChI=1S/C18H26N2O3/c1-14(2)12-16(17(21)20-10-6-7-11-20)19-18(22)23-13-15-8-4-3-5-9-15/h3-5,8-9,14,16H,6-7,10-13H2,1-2H3,(H,19,22)/t16-/m1/s1. The zero-order chi connectivity index (χ0) is 16.7. The van der Waals surface area contributed by atoms with Gasteiger partial charge in [-0.25, -0.2) is 4.79 Å². The Hall–Kier alpha value is -2.04.